The van der Waals surface area contributed by atoms with E-state index in [0.29, 0.717) is 36.2 Å². The van der Waals surface area contributed by atoms with E-state index >= 15 is 0 Å². The molecule has 1 atom stereocenters. The molecule has 1 N–H and O–H groups in total. The standard InChI is InChI=1S/C24H28N6O3/c1-4-33-23-16(8-7-9-18(23)32-3)17-14-21(31)25-24-22(17)15(2)28-30(24)20-11-10-19(26-27-20)29-12-5-6-13-29/h7-11,17H,4-6,12-14H2,1-3H3,(H,25,31). The van der Waals surface area contributed by atoms with Gasteiger partial charge in [0.05, 0.1) is 19.4 Å². The molecule has 0 spiro atoms. The summed E-state index contributed by atoms with van der Waals surface area (Å²) in [5.74, 6) is 3.08. The van der Waals surface area contributed by atoms with E-state index in [1.165, 1.54) is 12.8 Å². The second-order valence-electron chi connectivity index (χ2n) is 8.32. The number of nitrogens with one attached hydrogen (secondary N) is 1. The smallest absolute Gasteiger partial charge is 0.226 e. The topological polar surface area (TPSA) is 94.4 Å². The lowest BCUT2D eigenvalue weighted by Crippen LogP contribution is -2.25. The number of methoxy groups -OCH3 is 1. The summed E-state index contributed by atoms with van der Waals surface area (Å²) in [7, 11) is 1.62. The number of aromatic nitrogens is 4. The molecule has 33 heavy (non-hydrogen) atoms. The van der Waals surface area contributed by atoms with E-state index in [4.69, 9.17) is 14.6 Å². The van der Waals surface area contributed by atoms with E-state index in [2.05, 4.69) is 20.4 Å². The lowest BCUT2D eigenvalue weighted by Gasteiger charge is -2.26. The lowest BCUT2D eigenvalue weighted by atomic mass is 9.85. The predicted octanol–water partition coefficient (Wildman–Crippen LogP) is 3.45. The van der Waals surface area contributed by atoms with E-state index in [9.17, 15) is 4.79 Å². The monoisotopic (exact) mass is 448 g/mol. The van der Waals surface area contributed by atoms with Gasteiger partial charge in [-0.1, -0.05) is 12.1 Å². The van der Waals surface area contributed by atoms with Gasteiger partial charge in [-0.25, -0.2) is 0 Å². The fraction of sp³-hybridized carbons (Fsp3) is 0.417. The lowest BCUT2D eigenvalue weighted by molar-refractivity contribution is -0.116. The summed E-state index contributed by atoms with van der Waals surface area (Å²) in [6, 6.07) is 9.65. The first-order valence-electron chi connectivity index (χ1n) is 11.4. The van der Waals surface area contributed by atoms with E-state index in [0.717, 1.165) is 35.7 Å². The predicted molar refractivity (Wildman–Crippen MR) is 125 cm³/mol. The van der Waals surface area contributed by atoms with Crippen LogP contribution in [-0.2, 0) is 4.79 Å². The number of fused-ring (bicyclic) bond motifs is 1. The molecule has 3 aromatic rings. The Hall–Kier alpha value is -3.62. The number of benzene rings is 1. The van der Waals surface area contributed by atoms with Gasteiger partial charge >= 0.3 is 0 Å². The summed E-state index contributed by atoms with van der Waals surface area (Å²) in [6.07, 6.45) is 2.65. The Morgan fingerprint density at radius 3 is 2.58 bits per heavy atom. The van der Waals surface area contributed by atoms with Crippen molar-refractivity contribution in [2.24, 2.45) is 0 Å². The SMILES string of the molecule is CCOc1c(OC)cccc1C1CC(=O)Nc2c1c(C)nn2-c1ccc(N2CCCC2)nn1. The van der Waals surface area contributed by atoms with E-state index in [-0.39, 0.29) is 11.8 Å². The van der Waals surface area contributed by atoms with Crippen LogP contribution in [0.3, 0.4) is 0 Å². The molecule has 4 heterocycles. The molecule has 2 aliphatic heterocycles. The summed E-state index contributed by atoms with van der Waals surface area (Å²) in [5, 5.41) is 16.6. The zero-order chi connectivity index (χ0) is 22.9. The van der Waals surface area contributed by atoms with Crippen molar-refractivity contribution >= 4 is 17.5 Å². The molecule has 0 radical (unpaired) electrons. The Labute approximate surface area is 192 Å². The number of para-hydroxylation sites is 1. The third-order valence-electron chi connectivity index (χ3n) is 6.28. The highest BCUT2D eigenvalue weighted by atomic mass is 16.5. The number of hydrogen-bond acceptors (Lipinski definition) is 7. The highest BCUT2D eigenvalue weighted by molar-refractivity contribution is 5.95. The average molecular weight is 449 g/mol. The molecule has 0 bridgehead atoms. The molecule has 1 amide bonds. The van der Waals surface area contributed by atoms with Gasteiger partial charge in [0.2, 0.25) is 5.91 Å². The zero-order valence-corrected chi connectivity index (χ0v) is 19.2. The molecule has 2 aromatic heterocycles. The molecule has 1 fully saturated rings. The molecule has 172 valence electrons. The molecule has 0 saturated carbocycles. The van der Waals surface area contributed by atoms with E-state index < -0.39 is 0 Å². The molecular weight excluding hydrogens is 420 g/mol. The van der Waals surface area contributed by atoms with E-state index in [1.807, 2.05) is 44.2 Å². The van der Waals surface area contributed by atoms with Gasteiger partial charge in [0, 0.05) is 36.6 Å². The van der Waals surface area contributed by atoms with Crippen LogP contribution in [0.5, 0.6) is 11.5 Å². The zero-order valence-electron chi connectivity index (χ0n) is 19.2. The van der Waals surface area contributed by atoms with Gasteiger partial charge in [0.15, 0.2) is 23.1 Å². The van der Waals surface area contributed by atoms with Crippen LogP contribution in [-0.4, -0.2) is 52.7 Å². The van der Waals surface area contributed by atoms with Crippen LogP contribution in [0, 0.1) is 6.92 Å². The molecule has 2 aliphatic rings. The first kappa shape index (κ1) is 21.2. The summed E-state index contributed by atoms with van der Waals surface area (Å²) in [5.41, 5.74) is 2.69. The number of rotatable bonds is 6. The number of nitrogens with zero attached hydrogens (tertiary/aromatic N) is 5. The maximum absolute atomic E-state index is 12.8. The Morgan fingerprint density at radius 1 is 1.12 bits per heavy atom. The van der Waals surface area contributed by atoms with Crippen LogP contribution in [0.15, 0.2) is 30.3 Å². The summed E-state index contributed by atoms with van der Waals surface area (Å²) in [4.78, 5) is 15.0. The van der Waals surface area contributed by atoms with Crippen LogP contribution in [0.1, 0.15) is 48.9 Å². The Kier molecular flexibility index (Phi) is 5.62. The first-order chi connectivity index (χ1) is 16.1. The van der Waals surface area contributed by atoms with Crippen molar-refractivity contribution in [1.82, 2.24) is 20.0 Å². The molecule has 1 unspecified atom stereocenters. The molecule has 1 saturated heterocycles. The minimum Gasteiger partial charge on any atom is -0.493 e. The van der Waals surface area contributed by atoms with Crippen molar-refractivity contribution in [1.29, 1.82) is 0 Å². The Balaban J connectivity index is 1.57. The van der Waals surface area contributed by atoms with Crippen molar-refractivity contribution in [3.05, 3.63) is 47.2 Å². The second-order valence-corrected chi connectivity index (χ2v) is 8.32. The minimum absolute atomic E-state index is 0.0828. The molecule has 0 aliphatic carbocycles. The average Bonchev–Trinajstić information content (AvgIpc) is 3.48. The maximum Gasteiger partial charge on any atom is 0.226 e. The van der Waals surface area contributed by atoms with Crippen LogP contribution < -0.4 is 19.7 Å². The van der Waals surface area contributed by atoms with Crippen molar-refractivity contribution in [3.8, 4) is 17.3 Å². The summed E-state index contributed by atoms with van der Waals surface area (Å²) in [6.45, 7) is 6.39. The van der Waals surface area contributed by atoms with Gasteiger partial charge < -0.3 is 19.7 Å². The van der Waals surface area contributed by atoms with Gasteiger partial charge in [0.1, 0.15) is 5.82 Å². The minimum atomic E-state index is -0.212. The van der Waals surface area contributed by atoms with Gasteiger partial charge in [0.25, 0.3) is 0 Å². The molecule has 5 rings (SSSR count). The fourth-order valence-electron chi connectivity index (χ4n) is 4.79. The number of carbonyl (C=O) groups excluding carboxylic acids is 1. The first-order valence-corrected chi connectivity index (χ1v) is 11.4. The number of aryl methyl sites for hydroxylation is 1. The molecule has 9 heteroatoms. The van der Waals surface area contributed by atoms with Crippen LogP contribution in [0.2, 0.25) is 0 Å². The molecule has 1 aromatic carbocycles. The van der Waals surface area contributed by atoms with Crippen LogP contribution in [0.4, 0.5) is 11.6 Å². The van der Waals surface area contributed by atoms with Gasteiger partial charge in [-0.3, -0.25) is 4.79 Å². The third kappa shape index (κ3) is 3.77. The van der Waals surface area contributed by atoms with Crippen molar-refractivity contribution < 1.29 is 14.3 Å². The highest BCUT2D eigenvalue weighted by Gasteiger charge is 2.35. The quantitative estimate of drug-likeness (QED) is 0.617. The fourth-order valence-corrected chi connectivity index (χ4v) is 4.79. The Bertz CT molecular complexity index is 1170. The summed E-state index contributed by atoms with van der Waals surface area (Å²) >= 11 is 0. The van der Waals surface area contributed by atoms with Gasteiger partial charge in [-0.2, -0.15) is 9.78 Å². The number of carbonyl (C=O) groups is 1. The Morgan fingerprint density at radius 2 is 1.88 bits per heavy atom. The van der Waals surface area contributed by atoms with Crippen molar-refractivity contribution in [2.75, 3.05) is 37.0 Å². The normalized spacial score (nSPS) is 17.6. The van der Waals surface area contributed by atoms with Crippen LogP contribution in [0.25, 0.3) is 5.82 Å². The number of ether oxygens (including phenoxy) is 2. The molecule has 9 nitrogen and oxygen atoms in total. The van der Waals surface area contributed by atoms with Gasteiger partial charge in [-0.15, -0.1) is 10.2 Å². The number of amides is 1. The number of anilines is 2. The third-order valence-corrected chi connectivity index (χ3v) is 6.28. The summed E-state index contributed by atoms with van der Waals surface area (Å²) < 4.78 is 13.2. The number of hydrogen-bond donors (Lipinski definition) is 1. The molecular formula is C24H28N6O3. The van der Waals surface area contributed by atoms with Gasteiger partial charge in [-0.05, 0) is 44.9 Å². The second kappa shape index (κ2) is 8.73. The largest absolute Gasteiger partial charge is 0.493 e. The van der Waals surface area contributed by atoms with Crippen LogP contribution >= 0.6 is 0 Å². The maximum atomic E-state index is 12.8. The van der Waals surface area contributed by atoms with Crippen molar-refractivity contribution in [2.45, 2.75) is 39.0 Å². The van der Waals surface area contributed by atoms with E-state index in [1.54, 1.807) is 11.8 Å². The highest BCUT2D eigenvalue weighted by Crippen LogP contribution is 2.45. The van der Waals surface area contributed by atoms with Crippen molar-refractivity contribution in [3.63, 3.8) is 0 Å².